The van der Waals surface area contributed by atoms with Crippen LogP contribution in [0.2, 0.25) is 0 Å². The molecule has 1 aromatic heterocycles. The van der Waals surface area contributed by atoms with Crippen molar-refractivity contribution in [3.05, 3.63) is 105 Å². The number of nitrogens with one attached hydrogen (secondary N) is 2. The highest BCUT2D eigenvalue weighted by Gasteiger charge is 2.33. The minimum Gasteiger partial charge on any atom is -0.692 e. The molecule has 2 heterocycles. The van der Waals surface area contributed by atoms with Gasteiger partial charge < -0.3 is 5.21 Å². The van der Waals surface area contributed by atoms with Crippen molar-refractivity contribution < 1.29 is 9.64 Å². The molecule has 4 rings (SSSR count). The van der Waals surface area contributed by atoms with E-state index in [2.05, 4.69) is 17.0 Å². The van der Waals surface area contributed by atoms with E-state index >= 15 is 0 Å². The molecular weight excluding hydrogens is 406 g/mol. The average Bonchev–Trinajstić information content (AvgIpc) is 3.26. The number of H-pyrrole nitrogens is 1. The van der Waals surface area contributed by atoms with E-state index in [-0.39, 0.29) is 23.5 Å². The number of carbonyl (C=O) groups is 1. The monoisotopic (exact) mass is 429 g/mol. The maximum atomic E-state index is 13.1. The number of nitrogens with zero attached hydrogens (tertiary/aromatic N) is 3. The molecule has 0 spiro atoms. The van der Waals surface area contributed by atoms with Crippen molar-refractivity contribution in [3.8, 4) is 5.69 Å². The number of aromatic nitrogens is 2. The SMILES string of the molecule is C=C(C)C(=O)NC1=[N+]([O-])N(c2ccccc2)CC1=Cc1c(C)[nH]n(-c2ccccc2)c1=O. The van der Waals surface area contributed by atoms with E-state index in [4.69, 9.17) is 0 Å². The Morgan fingerprint density at radius 3 is 2.31 bits per heavy atom. The van der Waals surface area contributed by atoms with Crippen LogP contribution in [0.3, 0.4) is 0 Å². The topological polar surface area (TPSA) is 96.2 Å². The lowest BCUT2D eigenvalue weighted by atomic mass is 10.1. The highest BCUT2D eigenvalue weighted by Crippen LogP contribution is 2.22. The lowest BCUT2D eigenvalue weighted by Gasteiger charge is -2.21. The summed E-state index contributed by atoms with van der Waals surface area (Å²) in [5.74, 6) is -0.401. The number of hydrazone groups is 1. The molecular formula is C24H23N5O3. The quantitative estimate of drug-likeness (QED) is 0.379. The van der Waals surface area contributed by atoms with Crippen LogP contribution in [0.1, 0.15) is 18.2 Å². The number of hydrogen-bond donors (Lipinski definition) is 2. The Morgan fingerprint density at radius 1 is 1.12 bits per heavy atom. The van der Waals surface area contributed by atoms with Crippen LogP contribution in [0.25, 0.3) is 11.8 Å². The van der Waals surface area contributed by atoms with Gasteiger partial charge in [0, 0.05) is 11.3 Å². The number of aryl methyl sites for hydroxylation is 1. The molecule has 0 bridgehead atoms. The predicted octanol–water partition coefficient (Wildman–Crippen LogP) is 2.89. The van der Waals surface area contributed by atoms with Crippen molar-refractivity contribution in [2.45, 2.75) is 13.8 Å². The number of amidine groups is 1. The third-order valence-electron chi connectivity index (χ3n) is 5.16. The number of aromatic amines is 1. The number of anilines is 1. The van der Waals surface area contributed by atoms with Gasteiger partial charge in [0.25, 0.3) is 5.56 Å². The van der Waals surface area contributed by atoms with Crippen molar-refractivity contribution in [3.63, 3.8) is 0 Å². The van der Waals surface area contributed by atoms with Gasteiger partial charge >= 0.3 is 11.7 Å². The van der Waals surface area contributed by atoms with Crippen LogP contribution in [-0.2, 0) is 4.79 Å². The summed E-state index contributed by atoms with van der Waals surface area (Å²) in [5, 5.41) is 20.3. The zero-order chi connectivity index (χ0) is 22.8. The third-order valence-corrected chi connectivity index (χ3v) is 5.16. The van der Waals surface area contributed by atoms with E-state index in [0.717, 1.165) is 0 Å². The lowest BCUT2D eigenvalue weighted by molar-refractivity contribution is -0.465. The van der Waals surface area contributed by atoms with Crippen LogP contribution in [0.15, 0.2) is 83.2 Å². The summed E-state index contributed by atoms with van der Waals surface area (Å²) in [6.07, 6.45) is 1.65. The van der Waals surface area contributed by atoms with Gasteiger partial charge in [0.2, 0.25) is 0 Å². The molecule has 32 heavy (non-hydrogen) atoms. The third kappa shape index (κ3) is 3.85. The summed E-state index contributed by atoms with van der Waals surface area (Å²) in [6, 6.07) is 18.3. The zero-order valence-corrected chi connectivity index (χ0v) is 17.8. The van der Waals surface area contributed by atoms with Gasteiger partial charge in [0.15, 0.2) is 0 Å². The first-order chi connectivity index (χ1) is 15.4. The second-order valence-electron chi connectivity index (χ2n) is 7.55. The molecule has 0 atom stereocenters. The Balaban J connectivity index is 1.79. The van der Waals surface area contributed by atoms with Gasteiger partial charge in [-0.2, -0.15) is 4.85 Å². The van der Waals surface area contributed by atoms with Gasteiger partial charge in [-0.15, -0.1) is 0 Å². The van der Waals surface area contributed by atoms with Crippen LogP contribution in [0.5, 0.6) is 0 Å². The van der Waals surface area contributed by atoms with Gasteiger partial charge in [0.1, 0.15) is 0 Å². The molecule has 0 saturated carbocycles. The molecule has 2 aromatic carbocycles. The minimum absolute atomic E-state index is 0.0631. The van der Waals surface area contributed by atoms with Crippen molar-refractivity contribution in [2.75, 3.05) is 11.6 Å². The first-order valence-electron chi connectivity index (χ1n) is 10.1. The average molecular weight is 429 g/mol. The maximum Gasteiger partial charge on any atom is 0.334 e. The molecule has 8 heteroatoms. The number of benzene rings is 2. The maximum absolute atomic E-state index is 13.1. The minimum atomic E-state index is -0.464. The van der Waals surface area contributed by atoms with Gasteiger partial charge in [0.05, 0.1) is 29.1 Å². The molecule has 3 aromatic rings. The summed E-state index contributed by atoms with van der Waals surface area (Å²) in [5.41, 5.74) is 2.96. The number of amides is 1. The standard InChI is InChI=1S/C24H23N5O3/c1-16(2)23(30)25-22-18(15-27(29(22)32)19-10-6-4-7-11-19)14-21-17(3)26-28(24(21)31)20-12-8-5-9-13-20/h4-14,26H,1,15H2,2-3H3,(H,25,30). The van der Waals surface area contributed by atoms with Crippen molar-refractivity contribution in [1.82, 2.24) is 15.1 Å². The first kappa shape index (κ1) is 20.9. The van der Waals surface area contributed by atoms with Gasteiger partial charge in [-0.05, 0) is 44.2 Å². The molecule has 1 aliphatic rings. The van der Waals surface area contributed by atoms with Crippen LogP contribution in [0.4, 0.5) is 5.69 Å². The highest BCUT2D eigenvalue weighted by atomic mass is 16.5. The molecule has 0 aliphatic carbocycles. The summed E-state index contributed by atoms with van der Waals surface area (Å²) >= 11 is 0. The number of rotatable bonds is 4. The normalized spacial score (nSPS) is 14.8. The Bertz CT molecular complexity index is 1300. The fourth-order valence-electron chi connectivity index (χ4n) is 3.46. The van der Waals surface area contributed by atoms with Gasteiger partial charge in [-0.25, -0.2) is 19.8 Å². The molecule has 0 unspecified atom stereocenters. The second-order valence-corrected chi connectivity index (χ2v) is 7.55. The molecule has 2 N–H and O–H groups in total. The van der Waals surface area contributed by atoms with Crippen LogP contribution >= 0.6 is 0 Å². The molecule has 8 nitrogen and oxygen atoms in total. The van der Waals surface area contributed by atoms with Crippen molar-refractivity contribution in [2.24, 2.45) is 0 Å². The van der Waals surface area contributed by atoms with E-state index in [1.165, 1.54) is 9.69 Å². The smallest absolute Gasteiger partial charge is 0.334 e. The molecule has 0 radical (unpaired) electrons. The van der Waals surface area contributed by atoms with E-state index in [9.17, 15) is 14.8 Å². The number of carbonyl (C=O) groups excluding carboxylic acids is 1. The molecule has 0 fully saturated rings. The van der Waals surface area contributed by atoms with Gasteiger partial charge in [-0.1, -0.05) is 43.0 Å². The lowest BCUT2D eigenvalue weighted by Crippen LogP contribution is -2.36. The highest BCUT2D eigenvalue weighted by molar-refractivity contribution is 6.12. The van der Waals surface area contributed by atoms with Crippen LogP contribution < -0.4 is 15.9 Å². The van der Waals surface area contributed by atoms with E-state index < -0.39 is 5.91 Å². The molecule has 162 valence electrons. The number of hydrogen-bond acceptors (Lipinski definition) is 4. The van der Waals surface area contributed by atoms with Crippen molar-refractivity contribution >= 4 is 23.5 Å². The van der Waals surface area contributed by atoms with Gasteiger partial charge in [-0.3, -0.25) is 9.89 Å². The summed E-state index contributed by atoms with van der Waals surface area (Å²) < 4.78 is 1.45. The molecule has 1 amide bonds. The number of para-hydroxylation sites is 2. The fourth-order valence-corrected chi connectivity index (χ4v) is 3.46. The summed E-state index contributed by atoms with van der Waals surface area (Å²) in [7, 11) is 0. The second kappa shape index (κ2) is 8.43. The largest absolute Gasteiger partial charge is 0.692 e. The Kier molecular flexibility index (Phi) is 5.51. The van der Waals surface area contributed by atoms with E-state index in [1.807, 2.05) is 48.5 Å². The van der Waals surface area contributed by atoms with E-state index in [1.54, 1.807) is 32.1 Å². The summed E-state index contributed by atoms with van der Waals surface area (Å²) in [4.78, 5) is 26.1. The van der Waals surface area contributed by atoms with Crippen LogP contribution in [0, 0.1) is 12.1 Å². The number of hydrazine groups is 1. The first-order valence-corrected chi connectivity index (χ1v) is 10.1. The van der Waals surface area contributed by atoms with Crippen molar-refractivity contribution in [1.29, 1.82) is 0 Å². The Labute approximate surface area is 185 Å². The van der Waals surface area contributed by atoms with E-state index in [0.29, 0.717) is 33.1 Å². The fraction of sp³-hybridized carbons (Fsp3) is 0.125. The Morgan fingerprint density at radius 2 is 1.72 bits per heavy atom. The predicted molar refractivity (Wildman–Crippen MR) is 124 cm³/mol. The van der Waals surface area contributed by atoms with Crippen LogP contribution in [-0.4, -0.2) is 32.9 Å². The Hall–Kier alpha value is -4.33. The summed E-state index contributed by atoms with van der Waals surface area (Å²) in [6.45, 7) is 7.18. The zero-order valence-electron chi connectivity index (χ0n) is 17.8. The molecule has 1 aliphatic heterocycles. The molecule has 0 saturated heterocycles.